The summed E-state index contributed by atoms with van der Waals surface area (Å²) in [7, 11) is 3.24. The van der Waals surface area contributed by atoms with Crippen LogP contribution in [0.2, 0.25) is 0 Å². The number of hydrogen-bond donors (Lipinski definition) is 1. The number of hydrogen-bond acceptors (Lipinski definition) is 5. The third-order valence-electron chi connectivity index (χ3n) is 5.58. The van der Waals surface area contributed by atoms with Gasteiger partial charge in [0.2, 0.25) is 5.91 Å². The maximum absolute atomic E-state index is 12.6. The van der Waals surface area contributed by atoms with E-state index in [4.69, 9.17) is 14.2 Å². The van der Waals surface area contributed by atoms with E-state index in [2.05, 4.69) is 10.2 Å². The van der Waals surface area contributed by atoms with Crippen LogP contribution in [0.25, 0.3) is 0 Å². The first kappa shape index (κ1) is 19.0. The minimum atomic E-state index is -0.0963. The molecule has 2 aliphatic rings. The van der Waals surface area contributed by atoms with Crippen molar-refractivity contribution >= 4 is 5.91 Å². The Morgan fingerprint density at radius 1 is 1.31 bits per heavy atom. The maximum Gasteiger partial charge on any atom is 0.234 e. The van der Waals surface area contributed by atoms with E-state index in [0.717, 1.165) is 43.7 Å². The van der Waals surface area contributed by atoms with Crippen LogP contribution in [-0.4, -0.2) is 56.9 Å². The molecule has 1 aliphatic carbocycles. The molecule has 1 unspecified atom stereocenters. The largest absolute Gasteiger partial charge is 0.493 e. The number of ether oxygens (including phenoxy) is 3. The van der Waals surface area contributed by atoms with Gasteiger partial charge in [-0.3, -0.25) is 9.69 Å². The van der Waals surface area contributed by atoms with E-state index in [1.54, 1.807) is 14.2 Å². The van der Waals surface area contributed by atoms with Crippen molar-refractivity contribution in [3.63, 3.8) is 0 Å². The molecule has 2 fully saturated rings. The molecule has 1 atom stereocenters. The first-order chi connectivity index (χ1) is 12.5. The van der Waals surface area contributed by atoms with Crippen LogP contribution in [-0.2, 0) is 9.53 Å². The van der Waals surface area contributed by atoms with Crippen LogP contribution in [0.5, 0.6) is 11.5 Å². The van der Waals surface area contributed by atoms with Gasteiger partial charge < -0.3 is 19.5 Å². The number of methoxy groups -OCH3 is 2. The summed E-state index contributed by atoms with van der Waals surface area (Å²) >= 11 is 0. The Hall–Kier alpha value is -1.79. The first-order valence-electron chi connectivity index (χ1n) is 9.34. The summed E-state index contributed by atoms with van der Waals surface area (Å²) in [4.78, 5) is 14.8. The smallest absolute Gasteiger partial charge is 0.234 e. The zero-order valence-electron chi connectivity index (χ0n) is 16.3. The van der Waals surface area contributed by atoms with Crippen LogP contribution in [0.3, 0.4) is 0 Å². The van der Waals surface area contributed by atoms with Crippen LogP contribution in [0.4, 0.5) is 0 Å². The van der Waals surface area contributed by atoms with Crippen molar-refractivity contribution in [2.24, 2.45) is 0 Å². The van der Waals surface area contributed by atoms with Gasteiger partial charge >= 0.3 is 0 Å². The number of nitrogens with zero attached hydrogens (tertiary/aromatic N) is 1. The van der Waals surface area contributed by atoms with Gasteiger partial charge in [-0.05, 0) is 56.4 Å². The predicted octanol–water partition coefficient (Wildman–Crippen LogP) is 2.44. The molecule has 0 radical (unpaired) electrons. The van der Waals surface area contributed by atoms with E-state index in [1.807, 2.05) is 26.0 Å². The van der Waals surface area contributed by atoms with E-state index in [9.17, 15) is 4.79 Å². The molecular formula is C20H30N2O4. The summed E-state index contributed by atoms with van der Waals surface area (Å²) < 4.78 is 16.7. The fraction of sp³-hybridized carbons (Fsp3) is 0.650. The third kappa shape index (κ3) is 3.96. The highest BCUT2D eigenvalue weighted by Gasteiger charge is 2.42. The summed E-state index contributed by atoms with van der Waals surface area (Å²) in [6.07, 6.45) is 3.47. The summed E-state index contributed by atoms with van der Waals surface area (Å²) in [6, 6.07) is 3.79. The van der Waals surface area contributed by atoms with Gasteiger partial charge in [0.05, 0.1) is 39.0 Å². The minimum Gasteiger partial charge on any atom is -0.493 e. The first-order valence-corrected chi connectivity index (χ1v) is 9.34. The van der Waals surface area contributed by atoms with Crippen molar-refractivity contribution < 1.29 is 19.0 Å². The zero-order valence-corrected chi connectivity index (χ0v) is 16.3. The minimum absolute atomic E-state index is 0.0179. The summed E-state index contributed by atoms with van der Waals surface area (Å²) in [5.74, 6) is 1.42. The van der Waals surface area contributed by atoms with Crippen LogP contribution in [0.1, 0.15) is 43.4 Å². The SMILES string of the molecule is COc1cc(C)c(C(C)NC(=O)CN2CCOC3(CCC3)C2)cc1OC. The van der Waals surface area contributed by atoms with Gasteiger partial charge in [0.1, 0.15) is 0 Å². The van der Waals surface area contributed by atoms with Crippen LogP contribution in [0.15, 0.2) is 12.1 Å². The normalized spacial score (nSPS) is 20.3. The van der Waals surface area contributed by atoms with E-state index < -0.39 is 0 Å². The second-order valence-corrected chi connectivity index (χ2v) is 7.45. The van der Waals surface area contributed by atoms with Crippen molar-refractivity contribution in [2.75, 3.05) is 40.5 Å². The van der Waals surface area contributed by atoms with E-state index >= 15 is 0 Å². The number of carbonyl (C=O) groups excluding carboxylic acids is 1. The molecular weight excluding hydrogens is 332 g/mol. The van der Waals surface area contributed by atoms with Gasteiger partial charge in [-0.2, -0.15) is 0 Å². The lowest BCUT2D eigenvalue weighted by Gasteiger charge is -2.48. The van der Waals surface area contributed by atoms with Crippen molar-refractivity contribution in [1.29, 1.82) is 0 Å². The fourth-order valence-corrected chi connectivity index (χ4v) is 3.96. The molecule has 1 aromatic rings. The quantitative estimate of drug-likeness (QED) is 0.842. The van der Waals surface area contributed by atoms with Crippen LogP contribution < -0.4 is 14.8 Å². The number of nitrogens with one attached hydrogen (secondary N) is 1. The van der Waals surface area contributed by atoms with Crippen molar-refractivity contribution in [2.45, 2.75) is 44.8 Å². The maximum atomic E-state index is 12.6. The van der Waals surface area contributed by atoms with Crippen molar-refractivity contribution in [1.82, 2.24) is 10.2 Å². The Labute approximate surface area is 155 Å². The summed E-state index contributed by atoms with van der Waals surface area (Å²) in [5, 5.41) is 3.12. The van der Waals surface area contributed by atoms with Crippen LogP contribution in [0, 0.1) is 6.92 Å². The highest BCUT2D eigenvalue weighted by atomic mass is 16.5. The van der Waals surface area contributed by atoms with Gasteiger partial charge in [0.15, 0.2) is 11.5 Å². The van der Waals surface area contributed by atoms with E-state index in [0.29, 0.717) is 18.0 Å². The number of morpholine rings is 1. The average Bonchev–Trinajstić information content (AvgIpc) is 2.59. The molecule has 6 nitrogen and oxygen atoms in total. The van der Waals surface area contributed by atoms with Gasteiger partial charge in [0.25, 0.3) is 0 Å². The van der Waals surface area contributed by atoms with Gasteiger partial charge in [-0.25, -0.2) is 0 Å². The monoisotopic (exact) mass is 362 g/mol. The molecule has 1 heterocycles. The lowest BCUT2D eigenvalue weighted by atomic mass is 9.79. The molecule has 1 aliphatic heterocycles. The molecule has 1 aromatic carbocycles. The molecule has 6 heteroatoms. The number of rotatable bonds is 6. The zero-order chi connectivity index (χ0) is 18.7. The molecule has 0 aromatic heterocycles. The molecule has 1 saturated carbocycles. The van der Waals surface area contributed by atoms with Crippen molar-refractivity contribution in [3.05, 3.63) is 23.3 Å². The Balaban J connectivity index is 1.60. The summed E-state index contributed by atoms with van der Waals surface area (Å²) in [6.45, 7) is 6.84. The van der Waals surface area contributed by atoms with Crippen LogP contribution >= 0.6 is 0 Å². The molecule has 1 amide bonds. The molecule has 1 spiro atoms. The number of carbonyl (C=O) groups is 1. The second kappa shape index (κ2) is 7.84. The van der Waals surface area contributed by atoms with E-state index in [-0.39, 0.29) is 17.6 Å². The predicted molar refractivity (Wildman–Crippen MR) is 99.8 cm³/mol. The molecule has 0 bridgehead atoms. The van der Waals surface area contributed by atoms with E-state index in [1.165, 1.54) is 6.42 Å². The Morgan fingerprint density at radius 3 is 2.62 bits per heavy atom. The van der Waals surface area contributed by atoms with Gasteiger partial charge in [-0.1, -0.05) is 0 Å². The molecule has 1 saturated heterocycles. The highest BCUT2D eigenvalue weighted by molar-refractivity contribution is 5.78. The summed E-state index contributed by atoms with van der Waals surface area (Å²) in [5.41, 5.74) is 2.12. The second-order valence-electron chi connectivity index (χ2n) is 7.45. The fourth-order valence-electron chi connectivity index (χ4n) is 3.96. The highest BCUT2D eigenvalue weighted by Crippen LogP contribution is 2.38. The van der Waals surface area contributed by atoms with Gasteiger partial charge in [0, 0.05) is 13.1 Å². The Kier molecular flexibility index (Phi) is 5.73. The Bertz CT molecular complexity index is 657. The topological polar surface area (TPSA) is 60.0 Å². The molecule has 3 rings (SSSR count). The molecule has 1 N–H and O–H groups in total. The lowest BCUT2D eigenvalue weighted by molar-refractivity contribution is -0.154. The number of amides is 1. The number of aryl methyl sites for hydroxylation is 1. The lowest BCUT2D eigenvalue weighted by Crippen LogP contribution is -2.57. The number of benzene rings is 1. The Morgan fingerprint density at radius 2 is 2.00 bits per heavy atom. The third-order valence-corrected chi connectivity index (χ3v) is 5.58. The standard InChI is InChI=1S/C20H30N2O4/c1-14-10-17(24-3)18(25-4)11-16(14)15(2)21-19(23)12-22-8-9-26-20(13-22)6-5-7-20/h10-11,15H,5-9,12-13H2,1-4H3,(H,21,23). The van der Waals surface area contributed by atoms with Gasteiger partial charge in [-0.15, -0.1) is 0 Å². The molecule has 26 heavy (non-hydrogen) atoms. The average molecular weight is 362 g/mol. The van der Waals surface area contributed by atoms with Crippen molar-refractivity contribution in [3.8, 4) is 11.5 Å². The molecule has 144 valence electrons.